The molecule has 0 unspecified atom stereocenters. The predicted octanol–water partition coefficient (Wildman–Crippen LogP) is -0.369. The maximum atomic E-state index is 11.9. The van der Waals surface area contributed by atoms with E-state index < -0.39 is 0 Å². The molecule has 2 rings (SSSR count). The third-order valence-corrected chi connectivity index (χ3v) is 2.72. The van der Waals surface area contributed by atoms with E-state index in [1.54, 1.807) is 0 Å². The highest BCUT2D eigenvalue weighted by Crippen LogP contribution is 1.97. The van der Waals surface area contributed by atoms with Crippen LogP contribution in [0, 0.1) is 0 Å². The predicted molar refractivity (Wildman–Crippen MR) is 65.0 cm³/mol. The number of aromatic nitrogens is 4. The molecule has 2 aromatic heterocycles. The quantitative estimate of drug-likeness (QED) is 0.754. The van der Waals surface area contributed by atoms with Gasteiger partial charge in [0.15, 0.2) is 11.2 Å². The van der Waals surface area contributed by atoms with Gasteiger partial charge in [0.05, 0.1) is 11.7 Å². The van der Waals surface area contributed by atoms with E-state index >= 15 is 0 Å². The van der Waals surface area contributed by atoms with E-state index in [-0.39, 0.29) is 16.8 Å². The van der Waals surface area contributed by atoms with Crippen LogP contribution in [0.4, 0.5) is 0 Å². The summed E-state index contributed by atoms with van der Waals surface area (Å²) in [6, 6.07) is 0. The van der Waals surface area contributed by atoms with Crippen LogP contribution in [0.15, 0.2) is 17.4 Å². The Labute approximate surface area is 104 Å². The Morgan fingerprint density at radius 1 is 1.53 bits per heavy atom. The van der Waals surface area contributed by atoms with Crippen LogP contribution in [-0.2, 0) is 11.3 Å². The third-order valence-electron chi connectivity index (χ3n) is 2.21. The van der Waals surface area contributed by atoms with Gasteiger partial charge in [-0.05, 0) is 0 Å². The molecule has 0 saturated carbocycles. The van der Waals surface area contributed by atoms with Gasteiger partial charge in [-0.25, -0.2) is 9.97 Å². The van der Waals surface area contributed by atoms with Gasteiger partial charge < -0.3 is 10.3 Å². The van der Waals surface area contributed by atoms with Gasteiger partial charge in [0.1, 0.15) is 6.33 Å². The van der Waals surface area contributed by atoms with Crippen molar-refractivity contribution in [1.82, 2.24) is 24.8 Å². The topological polar surface area (TPSA) is 92.7 Å². The molecule has 0 saturated heterocycles. The van der Waals surface area contributed by atoms with E-state index in [0.717, 1.165) is 0 Å². The average Bonchev–Trinajstić information content (AvgIpc) is 2.81. The fraction of sp³-hybridized carbons (Fsp3) is 0.333. The number of nitrogens with zero attached hydrogens (tertiary/aromatic N) is 3. The van der Waals surface area contributed by atoms with Gasteiger partial charge in [-0.15, -0.1) is 0 Å². The zero-order chi connectivity index (χ0) is 12.3. The molecule has 0 aliphatic heterocycles. The van der Waals surface area contributed by atoms with Gasteiger partial charge in [0, 0.05) is 13.1 Å². The Hall–Kier alpha value is -1.70. The van der Waals surface area contributed by atoms with Crippen molar-refractivity contribution in [2.24, 2.45) is 0 Å². The molecule has 0 aliphatic carbocycles. The number of aromatic amines is 1. The summed E-state index contributed by atoms with van der Waals surface area (Å²) >= 11 is 3.04. The van der Waals surface area contributed by atoms with Gasteiger partial charge in [-0.1, -0.05) is 15.9 Å². The first-order valence-electron chi connectivity index (χ1n) is 4.93. The van der Waals surface area contributed by atoms with Gasteiger partial charge in [-0.3, -0.25) is 14.2 Å². The highest BCUT2D eigenvalue weighted by Gasteiger charge is 2.05. The van der Waals surface area contributed by atoms with Crippen LogP contribution < -0.4 is 10.9 Å². The van der Waals surface area contributed by atoms with E-state index in [2.05, 4.69) is 36.2 Å². The van der Waals surface area contributed by atoms with Crippen molar-refractivity contribution in [3.8, 4) is 0 Å². The summed E-state index contributed by atoms with van der Waals surface area (Å²) < 4.78 is 1.43. The molecule has 0 radical (unpaired) electrons. The number of hydrogen-bond acceptors (Lipinski definition) is 4. The van der Waals surface area contributed by atoms with Crippen molar-refractivity contribution >= 4 is 33.0 Å². The van der Waals surface area contributed by atoms with Gasteiger partial charge in [-0.2, -0.15) is 0 Å². The number of fused-ring (bicyclic) bond motifs is 1. The van der Waals surface area contributed by atoms with Crippen molar-refractivity contribution in [2.75, 3.05) is 11.9 Å². The first-order valence-corrected chi connectivity index (χ1v) is 6.05. The molecule has 2 N–H and O–H groups in total. The van der Waals surface area contributed by atoms with E-state index in [1.165, 1.54) is 17.2 Å². The molecule has 0 fully saturated rings. The van der Waals surface area contributed by atoms with Gasteiger partial charge in [0.25, 0.3) is 5.56 Å². The van der Waals surface area contributed by atoms with Crippen LogP contribution in [0.3, 0.4) is 0 Å². The Morgan fingerprint density at radius 3 is 3.12 bits per heavy atom. The minimum Gasteiger partial charge on any atom is -0.354 e. The van der Waals surface area contributed by atoms with E-state index in [1.807, 2.05) is 0 Å². The van der Waals surface area contributed by atoms with Crippen LogP contribution in [0.25, 0.3) is 11.2 Å². The smallest absolute Gasteiger partial charge is 0.279 e. The second-order valence-electron chi connectivity index (χ2n) is 3.33. The normalized spacial score (nSPS) is 10.6. The Kier molecular flexibility index (Phi) is 3.52. The molecule has 0 aromatic carbocycles. The number of carbonyl (C=O) groups excluding carboxylic acids is 1. The first kappa shape index (κ1) is 11.8. The number of amides is 1. The van der Waals surface area contributed by atoms with Gasteiger partial charge in [0.2, 0.25) is 5.91 Å². The lowest BCUT2D eigenvalue weighted by Crippen LogP contribution is -2.31. The largest absolute Gasteiger partial charge is 0.354 e. The van der Waals surface area contributed by atoms with Crippen molar-refractivity contribution in [3.63, 3.8) is 0 Å². The summed E-state index contributed by atoms with van der Waals surface area (Å²) in [6.45, 7) is 0.755. The standard InChI is InChI=1S/C9H10BrN5O2/c10-3-6(16)11-1-2-15-5-14-8-7(9(15)17)12-4-13-8/h4-5H,1-3H2,(H,11,16)(H,12,13). The Morgan fingerprint density at radius 2 is 2.35 bits per heavy atom. The van der Waals surface area contributed by atoms with Crippen LogP contribution >= 0.6 is 15.9 Å². The molecule has 2 heterocycles. The molecular formula is C9H10BrN5O2. The minimum absolute atomic E-state index is 0.117. The number of nitrogens with one attached hydrogen (secondary N) is 2. The molecule has 2 aromatic rings. The zero-order valence-electron chi connectivity index (χ0n) is 8.81. The monoisotopic (exact) mass is 299 g/mol. The van der Waals surface area contributed by atoms with E-state index in [4.69, 9.17) is 0 Å². The molecule has 17 heavy (non-hydrogen) atoms. The molecule has 0 bridgehead atoms. The van der Waals surface area contributed by atoms with Crippen molar-refractivity contribution in [2.45, 2.75) is 6.54 Å². The number of hydrogen-bond donors (Lipinski definition) is 2. The van der Waals surface area contributed by atoms with E-state index in [9.17, 15) is 9.59 Å². The first-order chi connectivity index (χ1) is 8.22. The summed E-state index contributed by atoms with van der Waals surface area (Å²) in [5.41, 5.74) is 0.579. The number of H-pyrrole nitrogens is 1. The highest BCUT2D eigenvalue weighted by atomic mass is 79.9. The molecule has 1 amide bonds. The summed E-state index contributed by atoms with van der Waals surface area (Å²) in [7, 11) is 0. The molecule has 0 spiro atoms. The molecule has 8 heteroatoms. The average molecular weight is 300 g/mol. The Bertz CT molecular complexity index is 590. The van der Waals surface area contributed by atoms with Crippen LogP contribution in [-0.4, -0.2) is 37.3 Å². The molecule has 7 nitrogen and oxygen atoms in total. The summed E-state index contributed by atoms with van der Waals surface area (Å²) in [5, 5.41) is 2.90. The number of alkyl halides is 1. The SMILES string of the molecule is O=C(CBr)NCCn1cnc2nc[nH]c2c1=O. The molecular weight excluding hydrogens is 290 g/mol. The third kappa shape index (κ3) is 2.52. The lowest BCUT2D eigenvalue weighted by Gasteiger charge is -2.05. The van der Waals surface area contributed by atoms with Gasteiger partial charge >= 0.3 is 0 Å². The lowest BCUT2D eigenvalue weighted by atomic mass is 10.5. The second-order valence-corrected chi connectivity index (χ2v) is 3.89. The maximum Gasteiger partial charge on any atom is 0.279 e. The molecule has 0 atom stereocenters. The van der Waals surface area contributed by atoms with Crippen molar-refractivity contribution in [1.29, 1.82) is 0 Å². The minimum atomic E-state index is -0.194. The fourth-order valence-corrected chi connectivity index (χ4v) is 1.58. The molecule has 0 aliphatic rings. The van der Waals surface area contributed by atoms with Crippen LogP contribution in [0.1, 0.15) is 0 Å². The van der Waals surface area contributed by atoms with E-state index in [0.29, 0.717) is 24.3 Å². The second kappa shape index (κ2) is 5.09. The summed E-state index contributed by atoms with van der Waals surface area (Å²) in [5.74, 6) is -0.117. The number of rotatable bonds is 4. The summed E-state index contributed by atoms with van der Waals surface area (Å²) in [6.07, 6.45) is 2.85. The highest BCUT2D eigenvalue weighted by molar-refractivity contribution is 9.09. The van der Waals surface area contributed by atoms with Crippen molar-refractivity contribution < 1.29 is 4.79 Å². The maximum absolute atomic E-state index is 11.9. The van der Waals surface area contributed by atoms with Crippen LogP contribution in [0.2, 0.25) is 0 Å². The lowest BCUT2D eigenvalue weighted by molar-refractivity contribution is -0.118. The number of imidazole rings is 1. The fourth-order valence-electron chi connectivity index (χ4n) is 1.39. The van der Waals surface area contributed by atoms with Crippen molar-refractivity contribution in [3.05, 3.63) is 23.0 Å². The zero-order valence-corrected chi connectivity index (χ0v) is 10.4. The summed E-state index contributed by atoms with van der Waals surface area (Å²) in [4.78, 5) is 33.5. The van der Waals surface area contributed by atoms with Crippen LogP contribution in [0.5, 0.6) is 0 Å². The molecule has 90 valence electrons. The number of halogens is 1. The Balaban J connectivity index is 2.11. The number of carbonyl (C=O) groups is 1.